The summed E-state index contributed by atoms with van der Waals surface area (Å²) < 4.78 is 7.76. The molecule has 6 heteroatoms. The molecule has 2 aromatic carbocycles. The van der Waals surface area contributed by atoms with Crippen molar-refractivity contribution in [2.24, 2.45) is 0 Å². The molecule has 1 amide bonds. The zero-order valence-corrected chi connectivity index (χ0v) is 16.6. The van der Waals surface area contributed by atoms with Crippen LogP contribution in [0.1, 0.15) is 18.2 Å². The van der Waals surface area contributed by atoms with Crippen LogP contribution in [0.3, 0.4) is 0 Å². The number of hydrogen-bond donors (Lipinski definition) is 1. The van der Waals surface area contributed by atoms with Gasteiger partial charge in [0.2, 0.25) is 5.91 Å². The van der Waals surface area contributed by atoms with E-state index in [1.807, 2.05) is 49.4 Å². The van der Waals surface area contributed by atoms with Crippen molar-refractivity contribution in [1.29, 1.82) is 0 Å². The van der Waals surface area contributed by atoms with Crippen LogP contribution in [0, 0.1) is 6.92 Å². The molecule has 1 N–H and O–H groups in total. The molecule has 0 fully saturated rings. The lowest BCUT2D eigenvalue weighted by atomic mass is 10.2. The number of halogens is 1. The molecule has 0 radical (unpaired) electrons. The largest absolute Gasteiger partial charge is 0.487 e. The van der Waals surface area contributed by atoms with Crippen LogP contribution in [0.15, 0.2) is 69.9 Å². The summed E-state index contributed by atoms with van der Waals surface area (Å²) in [7, 11) is 0. The summed E-state index contributed by atoms with van der Waals surface area (Å²) in [6.07, 6.45) is 0. The number of nitrogens with zero attached hydrogens (tertiary/aromatic N) is 1. The summed E-state index contributed by atoms with van der Waals surface area (Å²) in [5, 5.41) is 2.73. The van der Waals surface area contributed by atoms with Crippen molar-refractivity contribution >= 4 is 27.5 Å². The maximum Gasteiger partial charge on any atom is 0.273 e. The van der Waals surface area contributed by atoms with Gasteiger partial charge in [0.05, 0.1) is 5.69 Å². The minimum absolute atomic E-state index is 0.165. The SMILES string of the molecule is CC(=O)Nc1cccc(-n2c(C)cc(OCc3ccccc3)c(Br)c2=O)c1. The number of anilines is 1. The van der Waals surface area contributed by atoms with Crippen LogP contribution in [0.5, 0.6) is 5.75 Å². The number of nitrogens with one attached hydrogen (secondary N) is 1. The minimum Gasteiger partial charge on any atom is -0.487 e. The Balaban J connectivity index is 1.93. The highest BCUT2D eigenvalue weighted by atomic mass is 79.9. The molecule has 0 unspecified atom stereocenters. The Kier molecular flexibility index (Phi) is 5.76. The first-order chi connectivity index (χ1) is 13.0. The van der Waals surface area contributed by atoms with Crippen molar-refractivity contribution < 1.29 is 9.53 Å². The summed E-state index contributed by atoms with van der Waals surface area (Å²) >= 11 is 3.37. The molecule has 0 saturated carbocycles. The van der Waals surface area contributed by atoms with Gasteiger partial charge in [0, 0.05) is 24.4 Å². The second-order valence-corrected chi connectivity index (χ2v) is 6.90. The number of amides is 1. The predicted octanol–water partition coefficient (Wildman–Crippen LogP) is 4.45. The normalized spacial score (nSPS) is 10.5. The third-order valence-electron chi connectivity index (χ3n) is 3.96. The molecule has 3 aromatic rings. The van der Waals surface area contributed by atoms with Crippen molar-refractivity contribution in [1.82, 2.24) is 4.57 Å². The molecule has 1 aromatic heterocycles. The second kappa shape index (κ2) is 8.22. The van der Waals surface area contributed by atoms with Crippen LogP contribution < -0.4 is 15.6 Å². The Bertz CT molecular complexity index is 1030. The number of pyridine rings is 1. The van der Waals surface area contributed by atoms with Crippen LogP contribution in [-0.4, -0.2) is 10.5 Å². The van der Waals surface area contributed by atoms with E-state index < -0.39 is 0 Å². The maximum atomic E-state index is 12.9. The summed E-state index contributed by atoms with van der Waals surface area (Å²) in [5.41, 5.74) is 2.82. The van der Waals surface area contributed by atoms with Gasteiger partial charge in [0.1, 0.15) is 16.8 Å². The summed E-state index contributed by atoms with van der Waals surface area (Å²) in [5.74, 6) is 0.331. The lowest BCUT2D eigenvalue weighted by Gasteiger charge is -2.15. The number of benzene rings is 2. The highest BCUT2D eigenvalue weighted by Gasteiger charge is 2.14. The predicted molar refractivity (Wildman–Crippen MR) is 110 cm³/mol. The highest BCUT2D eigenvalue weighted by molar-refractivity contribution is 9.10. The smallest absolute Gasteiger partial charge is 0.273 e. The Morgan fingerprint density at radius 3 is 2.56 bits per heavy atom. The third kappa shape index (κ3) is 4.46. The lowest BCUT2D eigenvalue weighted by molar-refractivity contribution is -0.114. The molecule has 0 aliphatic heterocycles. The van der Waals surface area contributed by atoms with Crippen molar-refractivity contribution in [2.75, 3.05) is 5.32 Å². The molecule has 1 heterocycles. The van der Waals surface area contributed by atoms with Gasteiger partial charge in [-0.1, -0.05) is 36.4 Å². The molecule has 138 valence electrons. The first-order valence-corrected chi connectivity index (χ1v) is 9.22. The standard InChI is InChI=1S/C21H19BrN2O3/c1-14-11-19(27-13-16-7-4-3-5-8-16)20(22)21(26)24(14)18-10-6-9-17(12-18)23-15(2)25/h3-12H,13H2,1-2H3,(H,23,25). The monoisotopic (exact) mass is 426 g/mol. The van der Waals surface area contributed by atoms with Crippen LogP contribution >= 0.6 is 15.9 Å². The van der Waals surface area contributed by atoms with E-state index in [1.54, 1.807) is 22.8 Å². The molecule has 0 atom stereocenters. The molecular weight excluding hydrogens is 408 g/mol. The number of carbonyl (C=O) groups excluding carboxylic acids is 1. The molecule has 0 bridgehead atoms. The van der Waals surface area contributed by atoms with Gasteiger partial charge in [-0.25, -0.2) is 0 Å². The summed E-state index contributed by atoms with van der Waals surface area (Å²) in [4.78, 5) is 24.2. The third-order valence-corrected chi connectivity index (χ3v) is 4.69. The lowest BCUT2D eigenvalue weighted by Crippen LogP contribution is -2.22. The molecule has 0 saturated heterocycles. The molecule has 0 aliphatic rings. The van der Waals surface area contributed by atoms with Gasteiger partial charge in [0.15, 0.2) is 0 Å². The van der Waals surface area contributed by atoms with Gasteiger partial charge < -0.3 is 10.1 Å². The van der Waals surface area contributed by atoms with Gasteiger partial charge in [-0.15, -0.1) is 0 Å². The fourth-order valence-corrected chi connectivity index (χ4v) is 3.17. The van der Waals surface area contributed by atoms with Gasteiger partial charge in [-0.3, -0.25) is 14.2 Å². The van der Waals surface area contributed by atoms with Crippen molar-refractivity contribution in [2.45, 2.75) is 20.5 Å². The van der Waals surface area contributed by atoms with Gasteiger partial charge >= 0.3 is 0 Å². The number of aryl methyl sites for hydroxylation is 1. The topological polar surface area (TPSA) is 60.3 Å². The Morgan fingerprint density at radius 1 is 1.11 bits per heavy atom. The van der Waals surface area contributed by atoms with Crippen LogP contribution in [-0.2, 0) is 11.4 Å². The summed E-state index contributed by atoms with van der Waals surface area (Å²) in [6, 6.07) is 18.7. The maximum absolute atomic E-state index is 12.9. The number of aromatic nitrogens is 1. The summed E-state index contributed by atoms with van der Waals surface area (Å²) in [6.45, 7) is 3.66. The fourth-order valence-electron chi connectivity index (χ4n) is 2.77. The number of carbonyl (C=O) groups is 1. The van der Waals surface area contributed by atoms with Crippen LogP contribution in [0.25, 0.3) is 5.69 Å². The van der Waals surface area contributed by atoms with Crippen LogP contribution in [0.2, 0.25) is 0 Å². The molecule has 0 spiro atoms. The van der Waals surface area contributed by atoms with E-state index in [1.165, 1.54) is 6.92 Å². The zero-order chi connectivity index (χ0) is 19.4. The molecule has 27 heavy (non-hydrogen) atoms. The Morgan fingerprint density at radius 2 is 1.85 bits per heavy atom. The van der Waals surface area contributed by atoms with E-state index in [0.29, 0.717) is 28.2 Å². The molecule has 0 aliphatic carbocycles. The van der Waals surface area contributed by atoms with E-state index in [2.05, 4.69) is 21.2 Å². The average Bonchev–Trinajstić information content (AvgIpc) is 2.64. The van der Waals surface area contributed by atoms with Crippen molar-refractivity contribution in [3.05, 3.63) is 86.7 Å². The van der Waals surface area contributed by atoms with Gasteiger partial charge in [0.25, 0.3) is 5.56 Å². The van der Waals surface area contributed by atoms with Crippen molar-refractivity contribution in [3.8, 4) is 11.4 Å². The second-order valence-electron chi connectivity index (χ2n) is 6.11. The quantitative estimate of drug-likeness (QED) is 0.655. The van der Waals surface area contributed by atoms with Crippen molar-refractivity contribution in [3.63, 3.8) is 0 Å². The van der Waals surface area contributed by atoms with E-state index in [4.69, 9.17) is 4.74 Å². The van der Waals surface area contributed by atoms with E-state index in [-0.39, 0.29) is 11.5 Å². The first-order valence-electron chi connectivity index (χ1n) is 8.42. The van der Waals surface area contributed by atoms with Gasteiger partial charge in [-0.2, -0.15) is 0 Å². The number of hydrogen-bond acceptors (Lipinski definition) is 3. The number of rotatable bonds is 5. The van der Waals surface area contributed by atoms with E-state index >= 15 is 0 Å². The molecule has 5 nitrogen and oxygen atoms in total. The van der Waals surface area contributed by atoms with Crippen LogP contribution in [0.4, 0.5) is 5.69 Å². The zero-order valence-electron chi connectivity index (χ0n) is 15.0. The van der Waals surface area contributed by atoms with Gasteiger partial charge in [-0.05, 0) is 46.6 Å². The number of ether oxygens (including phenoxy) is 1. The minimum atomic E-state index is -0.224. The van der Waals surface area contributed by atoms with E-state index in [0.717, 1.165) is 11.3 Å². The Hall–Kier alpha value is -2.86. The highest BCUT2D eigenvalue weighted by Crippen LogP contribution is 2.25. The first kappa shape index (κ1) is 18.9. The average molecular weight is 427 g/mol. The fraction of sp³-hybridized carbons (Fsp3) is 0.143. The van der Waals surface area contributed by atoms with E-state index in [9.17, 15) is 9.59 Å². The molecular formula is C21H19BrN2O3. The Labute approximate surface area is 165 Å². The molecule has 3 rings (SSSR count).